The molecule has 0 bridgehead atoms. The molecule has 2 aromatic carbocycles. The molecule has 0 radical (unpaired) electrons. The van der Waals surface area contributed by atoms with Gasteiger partial charge in [-0.15, -0.1) is 0 Å². The fourth-order valence-corrected chi connectivity index (χ4v) is 4.50. The number of carbonyl (C=O) groups is 1. The van der Waals surface area contributed by atoms with Gasteiger partial charge < -0.3 is 0 Å². The summed E-state index contributed by atoms with van der Waals surface area (Å²) in [7, 11) is -3.90. The zero-order valence-corrected chi connectivity index (χ0v) is 14.4. The van der Waals surface area contributed by atoms with E-state index in [2.05, 4.69) is 15.9 Å². The summed E-state index contributed by atoms with van der Waals surface area (Å²) in [6, 6.07) is 10.8. The third-order valence-electron chi connectivity index (χ3n) is 2.72. The number of Topliss-reactive ketones (excluding diaryl/α,β-unsaturated/α-hetero) is 1. The van der Waals surface area contributed by atoms with Gasteiger partial charge in [0.2, 0.25) is 0 Å². The van der Waals surface area contributed by atoms with Gasteiger partial charge in [-0.3, -0.25) is 4.79 Å². The van der Waals surface area contributed by atoms with Gasteiger partial charge in [0.05, 0.1) is 10.0 Å². The van der Waals surface area contributed by atoms with E-state index in [-0.39, 0.29) is 14.9 Å². The minimum atomic E-state index is -3.90. The van der Waals surface area contributed by atoms with Crippen molar-refractivity contribution < 1.29 is 13.2 Å². The Kier molecular flexibility index (Phi) is 5.09. The number of sulfone groups is 1. The number of halogens is 3. The molecule has 0 aliphatic carbocycles. The molecule has 0 unspecified atom stereocenters. The third kappa shape index (κ3) is 3.86. The summed E-state index contributed by atoms with van der Waals surface area (Å²) < 4.78 is 25.5. The summed E-state index contributed by atoms with van der Waals surface area (Å²) in [6.07, 6.45) is 0. The van der Waals surface area contributed by atoms with E-state index in [1.165, 1.54) is 12.1 Å². The standard InChI is InChI=1S/C14H9BrCl2O3S/c15-10-6-4-9(5-7-10)13(18)8-21(19,20)14-11(16)2-1-3-12(14)17/h1-7H,8H2. The van der Waals surface area contributed by atoms with Crippen LogP contribution in [-0.2, 0) is 9.84 Å². The Hall–Kier alpha value is -0.880. The van der Waals surface area contributed by atoms with Crippen molar-refractivity contribution in [1.82, 2.24) is 0 Å². The Morgan fingerprint density at radius 2 is 1.52 bits per heavy atom. The molecule has 0 fully saturated rings. The lowest BCUT2D eigenvalue weighted by atomic mass is 10.2. The predicted octanol–water partition coefficient (Wildman–Crippen LogP) is 4.41. The van der Waals surface area contributed by atoms with Crippen LogP contribution >= 0.6 is 39.1 Å². The van der Waals surface area contributed by atoms with Crippen LogP contribution < -0.4 is 0 Å². The van der Waals surface area contributed by atoms with Crippen LogP contribution in [0.1, 0.15) is 10.4 Å². The van der Waals surface area contributed by atoms with E-state index in [1.54, 1.807) is 30.3 Å². The summed E-state index contributed by atoms with van der Waals surface area (Å²) in [6.45, 7) is 0. The Balaban J connectivity index is 2.34. The highest BCUT2D eigenvalue weighted by atomic mass is 79.9. The predicted molar refractivity (Wildman–Crippen MR) is 87.0 cm³/mol. The van der Waals surface area contributed by atoms with Crippen LogP contribution in [-0.4, -0.2) is 20.0 Å². The van der Waals surface area contributed by atoms with Gasteiger partial charge in [-0.05, 0) is 24.3 Å². The van der Waals surface area contributed by atoms with Gasteiger partial charge >= 0.3 is 0 Å². The first-order chi connectivity index (χ1) is 9.81. The molecule has 0 saturated heterocycles. The quantitative estimate of drug-likeness (QED) is 0.705. The van der Waals surface area contributed by atoms with Crippen LogP contribution in [0.3, 0.4) is 0 Å². The van der Waals surface area contributed by atoms with E-state index in [9.17, 15) is 13.2 Å². The number of rotatable bonds is 4. The van der Waals surface area contributed by atoms with Crippen molar-refractivity contribution in [1.29, 1.82) is 0 Å². The second kappa shape index (κ2) is 6.48. The summed E-state index contributed by atoms with van der Waals surface area (Å²) in [5.74, 6) is -1.20. The molecule has 7 heteroatoms. The molecule has 21 heavy (non-hydrogen) atoms. The maximum atomic E-state index is 12.3. The first kappa shape index (κ1) is 16.5. The van der Waals surface area contributed by atoms with E-state index in [4.69, 9.17) is 23.2 Å². The van der Waals surface area contributed by atoms with Crippen LogP contribution in [0.15, 0.2) is 51.8 Å². The molecular weight excluding hydrogens is 399 g/mol. The van der Waals surface area contributed by atoms with Crippen LogP contribution in [0.25, 0.3) is 0 Å². The fraction of sp³-hybridized carbons (Fsp3) is 0.0714. The first-order valence-corrected chi connectivity index (χ1v) is 8.97. The Labute approximate surface area is 140 Å². The van der Waals surface area contributed by atoms with E-state index >= 15 is 0 Å². The van der Waals surface area contributed by atoms with Crippen molar-refractivity contribution in [3.8, 4) is 0 Å². The second-order valence-electron chi connectivity index (χ2n) is 4.24. The number of ketones is 1. The average Bonchev–Trinajstić information content (AvgIpc) is 2.38. The molecule has 0 aliphatic rings. The molecule has 0 amide bonds. The van der Waals surface area contributed by atoms with Gasteiger partial charge in [-0.25, -0.2) is 8.42 Å². The van der Waals surface area contributed by atoms with Crippen molar-refractivity contribution in [3.05, 3.63) is 62.5 Å². The molecule has 0 atom stereocenters. The summed E-state index contributed by atoms with van der Waals surface area (Å²) in [4.78, 5) is 11.9. The lowest BCUT2D eigenvalue weighted by molar-refractivity contribution is 0.102. The number of hydrogen-bond acceptors (Lipinski definition) is 3. The molecule has 2 aromatic rings. The molecule has 0 aliphatic heterocycles. The Morgan fingerprint density at radius 3 is 2.05 bits per heavy atom. The van der Waals surface area contributed by atoms with Crippen molar-refractivity contribution in [2.45, 2.75) is 4.90 Å². The van der Waals surface area contributed by atoms with Gasteiger partial charge in [0.15, 0.2) is 15.6 Å². The molecule has 2 rings (SSSR count). The average molecular weight is 408 g/mol. The van der Waals surface area contributed by atoms with Crippen molar-refractivity contribution in [2.75, 3.05) is 5.75 Å². The Morgan fingerprint density at radius 1 is 1.00 bits per heavy atom. The Bertz CT molecular complexity index is 766. The maximum Gasteiger partial charge on any atom is 0.188 e. The monoisotopic (exact) mass is 406 g/mol. The third-order valence-corrected chi connectivity index (χ3v) is 5.80. The van der Waals surface area contributed by atoms with Crippen LogP contribution in [0.5, 0.6) is 0 Å². The molecule has 0 N–H and O–H groups in total. The van der Waals surface area contributed by atoms with Crippen LogP contribution in [0.2, 0.25) is 10.0 Å². The van der Waals surface area contributed by atoms with E-state index < -0.39 is 21.4 Å². The second-order valence-corrected chi connectivity index (χ2v) is 7.90. The van der Waals surface area contributed by atoms with Crippen molar-refractivity contribution in [3.63, 3.8) is 0 Å². The van der Waals surface area contributed by atoms with E-state index in [0.29, 0.717) is 5.56 Å². The van der Waals surface area contributed by atoms with Crippen molar-refractivity contribution >= 4 is 54.8 Å². The summed E-state index contributed by atoms with van der Waals surface area (Å²) >= 11 is 15.0. The molecule has 0 saturated carbocycles. The van der Waals surface area contributed by atoms with E-state index in [0.717, 1.165) is 4.47 Å². The first-order valence-electron chi connectivity index (χ1n) is 5.77. The van der Waals surface area contributed by atoms with Gasteiger partial charge in [-0.2, -0.15) is 0 Å². The van der Waals surface area contributed by atoms with Gasteiger partial charge in [0.25, 0.3) is 0 Å². The van der Waals surface area contributed by atoms with Crippen LogP contribution in [0.4, 0.5) is 0 Å². The normalized spacial score (nSPS) is 11.4. The minimum absolute atomic E-state index is 0.00565. The highest BCUT2D eigenvalue weighted by molar-refractivity contribution is 9.10. The molecular formula is C14H9BrCl2O3S. The molecule has 110 valence electrons. The summed E-state index contributed by atoms with van der Waals surface area (Å²) in [5.41, 5.74) is 0.310. The zero-order chi connectivity index (χ0) is 15.6. The lowest BCUT2D eigenvalue weighted by Crippen LogP contribution is -2.17. The molecule has 0 heterocycles. The van der Waals surface area contributed by atoms with Crippen molar-refractivity contribution in [2.24, 2.45) is 0 Å². The topological polar surface area (TPSA) is 51.2 Å². The highest BCUT2D eigenvalue weighted by Crippen LogP contribution is 2.30. The fourth-order valence-electron chi connectivity index (χ4n) is 1.74. The smallest absolute Gasteiger partial charge is 0.188 e. The highest BCUT2D eigenvalue weighted by Gasteiger charge is 2.25. The molecule has 3 nitrogen and oxygen atoms in total. The summed E-state index contributed by atoms with van der Waals surface area (Å²) in [5, 5.41) is 0.0113. The lowest BCUT2D eigenvalue weighted by Gasteiger charge is -2.08. The minimum Gasteiger partial charge on any atom is -0.293 e. The largest absolute Gasteiger partial charge is 0.293 e. The number of carbonyl (C=O) groups excluding carboxylic acids is 1. The SMILES string of the molecule is O=C(CS(=O)(=O)c1c(Cl)cccc1Cl)c1ccc(Br)cc1. The van der Waals surface area contributed by atoms with Gasteiger partial charge in [0, 0.05) is 10.0 Å². The molecule has 0 aromatic heterocycles. The van der Waals surface area contributed by atoms with Gasteiger partial charge in [0.1, 0.15) is 10.6 Å². The number of hydrogen-bond donors (Lipinski definition) is 0. The van der Waals surface area contributed by atoms with Gasteiger partial charge in [-0.1, -0.05) is 57.3 Å². The maximum absolute atomic E-state index is 12.3. The van der Waals surface area contributed by atoms with E-state index in [1.807, 2.05) is 0 Å². The molecule has 0 spiro atoms. The van der Waals surface area contributed by atoms with Crippen LogP contribution in [0, 0.1) is 0 Å². The zero-order valence-electron chi connectivity index (χ0n) is 10.5. The number of benzene rings is 2.